The van der Waals surface area contributed by atoms with E-state index < -0.39 is 102 Å². The van der Waals surface area contributed by atoms with Crippen LogP contribution in [0, 0.1) is 78.8 Å². The average molecular weight is 1780 g/mol. The number of aromatic nitrogens is 9. The van der Waals surface area contributed by atoms with Gasteiger partial charge in [-0.25, -0.2) is 148 Å². The van der Waals surface area contributed by atoms with E-state index in [0.29, 0.717) is 76.6 Å². The van der Waals surface area contributed by atoms with Crippen LogP contribution in [0.5, 0.6) is 0 Å². The Morgan fingerprint density at radius 3 is 0.828 bits per heavy atom. The quantitative estimate of drug-likeness (QED) is 0.0780. The van der Waals surface area contributed by atoms with E-state index in [1.165, 1.54) is 174 Å². The van der Waals surface area contributed by atoms with E-state index in [1.54, 1.807) is 38.2 Å². The number of nitrogens with zero attached hydrogens (tertiary/aromatic N) is 16. The molecule has 128 heavy (non-hydrogen) atoms. The number of isocyanates is 7. The molecule has 11 rings (SSSR count). The van der Waals surface area contributed by atoms with Crippen LogP contribution >= 0.6 is 0 Å². The molecule has 6 aliphatic rings. The second-order valence-electron chi connectivity index (χ2n) is 44.4. The lowest BCUT2D eigenvalue weighted by atomic mass is 9.62. The molecule has 5 aromatic rings. The minimum Gasteiger partial charge on any atom is -0.248 e. The average Bonchev–Trinajstić information content (AvgIpc) is 0.737. The zero-order valence-electron chi connectivity index (χ0n) is 81.9. The lowest BCUT2D eigenvalue weighted by Gasteiger charge is -2.47. The Labute approximate surface area is 752 Å². The van der Waals surface area contributed by atoms with Crippen LogP contribution < -0.4 is 51.2 Å². The van der Waals surface area contributed by atoms with Crippen molar-refractivity contribution >= 4 is 48.2 Å². The standard InChI is InChI=1S/C54H66N10O10.3C10H20.C6H9N3O3.3C2H3NO/c1-34-12-13-37(17-41(34)58-33-68)60-45(71)63(40-20-51(7,8)26-54(11,23-40)29-57-32-67)48(74)64(47(60)73)42-15-14-36(16-35(42)2)59-43(69)61(38-18-49(3,4)24-52(9,21-38)27-55-30-65)46(72)62(44(59)70)39-19-50(5,6)25-53(10,22-39)28-56-31-66;3*1-9(2)6-5-7-10(3,4)8-9;1-7-4(10)8(2)6(12)9(3)5(7)11;3*1-3-2-4/h12-17,38-40H,18-29H2,1-11H3;3*5-8H2,1-4H3;1-3H3;3*1H3. The van der Waals surface area contributed by atoms with Gasteiger partial charge in [-0.05, 0) is 236 Å². The van der Waals surface area contributed by atoms with Crippen molar-refractivity contribution in [2.24, 2.45) is 121 Å². The molecule has 3 aromatic heterocycles. The smallest absolute Gasteiger partial charge is 0.248 e. The molecule has 0 spiro atoms. The Morgan fingerprint density at radius 2 is 0.570 bits per heavy atom. The van der Waals surface area contributed by atoms with Gasteiger partial charge in [0.2, 0.25) is 42.6 Å². The van der Waals surface area contributed by atoms with Crippen LogP contribution in [0.1, 0.15) is 309 Å². The molecule has 32 heteroatoms. The second kappa shape index (κ2) is 44.6. The van der Waals surface area contributed by atoms with Crippen LogP contribution in [-0.2, 0) is 54.7 Å². The van der Waals surface area contributed by atoms with E-state index >= 15 is 19.2 Å². The van der Waals surface area contributed by atoms with Gasteiger partial charge in [0.1, 0.15) is 0 Å². The van der Waals surface area contributed by atoms with Crippen molar-refractivity contribution in [3.63, 3.8) is 0 Å². The first-order valence-electron chi connectivity index (χ1n) is 44.1. The molecule has 6 fully saturated rings. The molecule has 32 nitrogen and oxygen atoms in total. The molecule has 704 valence electrons. The van der Waals surface area contributed by atoms with E-state index in [1.807, 2.05) is 62.3 Å². The van der Waals surface area contributed by atoms with Crippen molar-refractivity contribution in [2.45, 2.75) is 312 Å². The van der Waals surface area contributed by atoms with Gasteiger partial charge in [-0.3, -0.25) is 0 Å². The number of aryl methyl sites for hydroxylation is 2. The summed E-state index contributed by atoms with van der Waals surface area (Å²) >= 11 is 0. The lowest BCUT2D eigenvalue weighted by molar-refractivity contribution is 0.0500. The molecule has 0 radical (unpaired) electrons. The second-order valence-corrected chi connectivity index (χ2v) is 44.4. The topological polar surface area (TPSA) is 404 Å². The van der Waals surface area contributed by atoms with E-state index in [9.17, 15) is 43.2 Å². The molecule has 2 aromatic carbocycles. The molecular weight excluding hydrogens is 1630 g/mol. The van der Waals surface area contributed by atoms with E-state index in [-0.39, 0.29) is 67.2 Å². The van der Waals surface area contributed by atoms with Gasteiger partial charge >= 0.3 is 51.2 Å². The van der Waals surface area contributed by atoms with Crippen LogP contribution in [-0.4, -0.2) is 124 Å². The fourth-order valence-electron chi connectivity index (χ4n) is 22.4. The number of hydrogen-bond acceptors (Lipinski definition) is 23. The Kier molecular flexibility index (Phi) is 38.2. The highest BCUT2D eigenvalue weighted by Gasteiger charge is 2.48. The van der Waals surface area contributed by atoms with Gasteiger partial charge in [-0.2, -0.15) is 4.99 Å². The van der Waals surface area contributed by atoms with Gasteiger partial charge in [0, 0.05) is 60.4 Å². The number of hydrogen-bond donors (Lipinski definition) is 0. The molecule has 0 bridgehead atoms. The molecule has 3 heterocycles. The maximum absolute atomic E-state index is 15.2. The summed E-state index contributed by atoms with van der Waals surface area (Å²) in [6.07, 6.45) is 31.0. The molecule has 6 unspecified atom stereocenters. The zero-order valence-corrected chi connectivity index (χ0v) is 81.9. The first-order chi connectivity index (χ1) is 59.0. The number of carbonyl (C=O) groups excluding carboxylic acids is 7. The van der Waals surface area contributed by atoms with Gasteiger partial charge in [0.15, 0.2) is 0 Å². The molecule has 6 saturated carbocycles. The van der Waals surface area contributed by atoms with Crippen molar-refractivity contribution in [2.75, 3.05) is 40.8 Å². The summed E-state index contributed by atoms with van der Waals surface area (Å²) < 4.78 is 8.57. The summed E-state index contributed by atoms with van der Waals surface area (Å²) in [7, 11) is 8.12. The fourth-order valence-corrected chi connectivity index (χ4v) is 22.4. The van der Waals surface area contributed by atoms with Crippen molar-refractivity contribution in [3.8, 4) is 17.1 Å². The molecule has 0 amide bonds. The zero-order chi connectivity index (χ0) is 97.7. The summed E-state index contributed by atoms with van der Waals surface area (Å²) in [5.41, 5.74) is -6.09. The summed E-state index contributed by atoms with van der Waals surface area (Å²) in [5.74, 6) is 0. The number of aliphatic imine (C=N–C) groups is 7. The summed E-state index contributed by atoms with van der Waals surface area (Å²) in [5, 5.41) is 0. The molecule has 0 N–H and O–H groups in total. The monoisotopic (exact) mass is 1780 g/mol. The molecule has 6 atom stereocenters. The minimum absolute atomic E-state index is 0.00835. The number of rotatable bonds is 13. The van der Waals surface area contributed by atoms with Crippen molar-refractivity contribution < 1.29 is 33.6 Å². The third-order valence-corrected chi connectivity index (χ3v) is 25.6. The third kappa shape index (κ3) is 30.5. The third-order valence-electron chi connectivity index (χ3n) is 25.6. The van der Waals surface area contributed by atoms with Gasteiger partial charge in [0.05, 0.1) is 42.4 Å². The van der Waals surface area contributed by atoms with Crippen LogP contribution in [0.25, 0.3) is 17.1 Å². The Hall–Kier alpha value is -10.7. The highest BCUT2D eigenvalue weighted by Crippen LogP contribution is 2.54. The van der Waals surface area contributed by atoms with Gasteiger partial charge in [-0.1, -0.05) is 171 Å². The molecule has 6 aliphatic carbocycles. The summed E-state index contributed by atoms with van der Waals surface area (Å²) in [4.78, 5) is 220. The van der Waals surface area contributed by atoms with Gasteiger partial charge in [-0.15, -0.1) is 0 Å². The van der Waals surface area contributed by atoms with Crippen LogP contribution in [0.15, 0.2) is 114 Å². The molecule has 0 saturated heterocycles. The van der Waals surface area contributed by atoms with E-state index in [2.05, 4.69) is 118 Å². The highest BCUT2D eigenvalue weighted by molar-refractivity contribution is 5.58. The van der Waals surface area contributed by atoms with Crippen molar-refractivity contribution in [1.29, 1.82) is 0 Å². The summed E-state index contributed by atoms with van der Waals surface area (Å²) in [6, 6.07) is 6.41. The first kappa shape index (κ1) is 110. The van der Waals surface area contributed by atoms with Gasteiger partial charge in [0.25, 0.3) is 0 Å². The Bertz CT molecular complexity index is 5370. The normalized spacial score (nSPS) is 23.3. The SMILES string of the molecule is CC1(C)CCCC(C)(C)C1.CC1(C)CCCC(C)(C)C1.CC1(C)CCCC(C)(C)C1.CN=C=O.CN=C=O.CN=C=O.Cc1ccc(-n2c(=O)n(-c3ccc(-n4c(=O)n(C5CC(C)(C)CC(C)(CN=C=O)C5)c(=O)n(C5CC(C)(C)CC(C)(CN=C=O)C5)c4=O)cc3C)c(=O)n(C3CC(C)(C)CC(C)(CN=C=O)C3)c2=O)cc1N=C=O.Cn1c(=O)n(C)c(=O)n(C)c1=O. The largest absolute Gasteiger partial charge is 0.345 e. The van der Waals surface area contributed by atoms with E-state index in [0.717, 1.165) is 41.1 Å². The Balaban J connectivity index is 0.000000501. The van der Waals surface area contributed by atoms with Crippen molar-refractivity contribution in [1.82, 2.24) is 41.1 Å². The minimum atomic E-state index is -1.06. The fraction of sp³-hybridized carbons (Fsp3) is 0.708. The highest BCUT2D eigenvalue weighted by atomic mass is 16.2. The maximum Gasteiger partial charge on any atom is 0.345 e. The number of benzene rings is 2. The van der Waals surface area contributed by atoms with Crippen LogP contribution in [0.4, 0.5) is 5.69 Å². The Morgan fingerprint density at radius 1 is 0.305 bits per heavy atom. The van der Waals surface area contributed by atoms with Gasteiger partial charge < -0.3 is 0 Å². The van der Waals surface area contributed by atoms with Crippen molar-refractivity contribution in [3.05, 3.63) is 142 Å². The lowest BCUT2D eigenvalue weighted by Crippen LogP contribution is -2.58. The molecular formula is C96H144N16O16. The summed E-state index contributed by atoms with van der Waals surface area (Å²) in [6.45, 7) is 50.1. The van der Waals surface area contributed by atoms with Crippen LogP contribution in [0.3, 0.4) is 0 Å². The maximum atomic E-state index is 15.2. The van der Waals surface area contributed by atoms with Crippen LogP contribution in [0.2, 0.25) is 0 Å². The first-order valence-corrected chi connectivity index (χ1v) is 44.1. The van der Waals surface area contributed by atoms with E-state index in [4.69, 9.17) is 14.4 Å². The molecule has 0 aliphatic heterocycles. The predicted molar refractivity (Wildman–Crippen MR) is 499 cm³/mol. The predicted octanol–water partition coefficient (Wildman–Crippen LogP) is 15.0.